The van der Waals surface area contributed by atoms with Crippen molar-refractivity contribution < 1.29 is 18.4 Å². The number of nitrogens with zero attached hydrogens (tertiary/aromatic N) is 2. The number of rotatable bonds is 1. The van der Waals surface area contributed by atoms with E-state index in [4.69, 9.17) is 23.2 Å². The highest BCUT2D eigenvalue weighted by Gasteiger charge is 2.31. The predicted octanol–water partition coefficient (Wildman–Crippen LogP) is 5.00. The molecule has 120 valence electrons. The fourth-order valence-electron chi connectivity index (χ4n) is 2.10. The summed E-state index contributed by atoms with van der Waals surface area (Å²) >= 11 is 11.8. The molecule has 2 aromatic carbocycles. The number of halogens is 5. The maximum absolute atomic E-state index is 12.8. The number of hydrogen-bond donors (Lipinski definition) is 2. The third kappa shape index (κ3) is 2.95. The molecule has 0 spiro atoms. The van der Waals surface area contributed by atoms with E-state index in [0.29, 0.717) is 10.8 Å². The molecule has 0 aromatic heterocycles. The van der Waals surface area contributed by atoms with E-state index in [1.807, 2.05) is 0 Å². The molecular formula is C14H8Cl2F3N3O. The van der Waals surface area contributed by atoms with Crippen LogP contribution in [0.5, 0.6) is 0 Å². The molecule has 0 fully saturated rings. The van der Waals surface area contributed by atoms with E-state index in [2.05, 4.69) is 10.5 Å². The number of alkyl halides is 3. The topological polar surface area (TPSA) is 47.9 Å². The Morgan fingerprint density at radius 1 is 1.09 bits per heavy atom. The van der Waals surface area contributed by atoms with Crippen molar-refractivity contribution in [3.8, 4) is 0 Å². The molecule has 9 heteroatoms. The number of hydroxylamine groups is 1. The molecule has 23 heavy (non-hydrogen) atoms. The van der Waals surface area contributed by atoms with Gasteiger partial charge in [-0.05, 0) is 24.3 Å². The lowest BCUT2D eigenvalue weighted by Gasteiger charge is -2.26. The summed E-state index contributed by atoms with van der Waals surface area (Å²) < 4.78 is 38.4. The molecule has 1 aliphatic rings. The molecule has 0 saturated carbocycles. The summed E-state index contributed by atoms with van der Waals surface area (Å²) in [7, 11) is 0. The second-order valence-corrected chi connectivity index (χ2v) is 5.54. The van der Waals surface area contributed by atoms with E-state index < -0.39 is 11.7 Å². The lowest BCUT2D eigenvalue weighted by Crippen LogP contribution is -2.32. The van der Waals surface area contributed by atoms with Gasteiger partial charge in [0.1, 0.15) is 0 Å². The smallest absolute Gasteiger partial charge is 0.282 e. The van der Waals surface area contributed by atoms with Crippen LogP contribution in [0.4, 0.5) is 24.5 Å². The predicted molar refractivity (Wildman–Crippen MR) is 82.3 cm³/mol. The number of benzene rings is 2. The highest BCUT2D eigenvalue weighted by molar-refractivity contribution is 6.42. The van der Waals surface area contributed by atoms with Crippen LogP contribution in [0.25, 0.3) is 0 Å². The first kappa shape index (κ1) is 15.9. The Kier molecular flexibility index (Phi) is 3.87. The molecule has 0 unspecified atom stereocenters. The Morgan fingerprint density at radius 2 is 1.78 bits per heavy atom. The van der Waals surface area contributed by atoms with Crippen molar-refractivity contribution in [2.75, 3.05) is 10.5 Å². The second kappa shape index (κ2) is 5.59. The molecule has 1 aliphatic heterocycles. The maximum atomic E-state index is 12.8. The second-order valence-electron chi connectivity index (χ2n) is 4.72. The summed E-state index contributed by atoms with van der Waals surface area (Å²) in [6.07, 6.45) is -4.49. The highest BCUT2D eigenvalue weighted by Crippen LogP contribution is 2.37. The van der Waals surface area contributed by atoms with Gasteiger partial charge in [0.05, 0.1) is 27.0 Å². The molecule has 2 aromatic rings. The van der Waals surface area contributed by atoms with Gasteiger partial charge in [-0.25, -0.2) is 5.06 Å². The summed E-state index contributed by atoms with van der Waals surface area (Å²) in [5.74, 6) is -0.0954. The standard InChI is InChI=1S/C14H8Cl2F3N3O/c15-9-5-11-12(6-10(9)16)22(23)13(21-20-11)7-2-1-3-8(4-7)14(17,18)19/h1-6,20,23H. The fraction of sp³-hybridized carbons (Fsp3) is 0.0714. The van der Waals surface area contributed by atoms with Gasteiger partial charge in [-0.15, -0.1) is 0 Å². The molecule has 2 N–H and O–H groups in total. The zero-order chi connectivity index (χ0) is 16.8. The minimum Gasteiger partial charge on any atom is -0.282 e. The van der Waals surface area contributed by atoms with Gasteiger partial charge in [0, 0.05) is 5.56 Å². The first-order valence-corrected chi connectivity index (χ1v) is 7.02. The molecule has 0 radical (unpaired) electrons. The van der Waals surface area contributed by atoms with Crippen molar-refractivity contribution in [1.29, 1.82) is 0 Å². The third-order valence-corrected chi connectivity index (χ3v) is 3.92. The number of hydrogen-bond acceptors (Lipinski definition) is 4. The molecule has 0 amide bonds. The number of anilines is 2. The first-order valence-electron chi connectivity index (χ1n) is 6.27. The van der Waals surface area contributed by atoms with Gasteiger partial charge < -0.3 is 0 Å². The van der Waals surface area contributed by atoms with Crippen LogP contribution in [0.15, 0.2) is 41.5 Å². The zero-order valence-electron chi connectivity index (χ0n) is 11.2. The van der Waals surface area contributed by atoms with Crippen molar-refractivity contribution in [3.63, 3.8) is 0 Å². The van der Waals surface area contributed by atoms with Gasteiger partial charge in [0.15, 0.2) is 5.84 Å². The van der Waals surface area contributed by atoms with Crippen LogP contribution >= 0.6 is 23.2 Å². The van der Waals surface area contributed by atoms with Crippen LogP contribution in [0.3, 0.4) is 0 Å². The van der Waals surface area contributed by atoms with Crippen molar-refractivity contribution in [3.05, 3.63) is 57.6 Å². The van der Waals surface area contributed by atoms with E-state index >= 15 is 0 Å². The van der Waals surface area contributed by atoms with Gasteiger partial charge in [0.2, 0.25) is 0 Å². The van der Waals surface area contributed by atoms with Crippen LogP contribution in [0, 0.1) is 0 Å². The Hall–Kier alpha value is -1.96. The number of amidine groups is 1. The van der Waals surface area contributed by atoms with Crippen molar-refractivity contribution >= 4 is 40.4 Å². The monoisotopic (exact) mass is 361 g/mol. The normalized spacial score (nSPS) is 14.2. The lowest BCUT2D eigenvalue weighted by molar-refractivity contribution is -0.137. The van der Waals surface area contributed by atoms with Gasteiger partial charge in [-0.1, -0.05) is 35.3 Å². The Morgan fingerprint density at radius 3 is 2.48 bits per heavy atom. The summed E-state index contributed by atoms with van der Waals surface area (Å²) in [4.78, 5) is 0. The van der Waals surface area contributed by atoms with E-state index in [1.165, 1.54) is 24.3 Å². The summed E-state index contributed by atoms with van der Waals surface area (Å²) in [5, 5.41) is 15.3. The lowest BCUT2D eigenvalue weighted by atomic mass is 10.1. The quantitative estimate of drug-likeness (QED) is 0.751. The minimum absolute atomic E-state index is 0.0894. The van der Waals surface area contributed by atoms with Crippen molar-refractivity contribution in [1.82, 2.24) is 0 Å². The highest BCUT2D eigenvalue weighted by atomic mass is 35.5. The van der Waals surface area contributed by atoms with Crippen LogP contribution in [0.1, 0.15) is 11.1 Å². The van der Waals surface area contributed by atoms with Gasteiger partial charge in [-0.3, -0.25) is 10.6 Å². The summed E-state index contributed by atoms with van der Waals surface area (Å²) in [6, 6.07) is 7.31. The Labute approximate surface area is 138 Å². The average molecular weight is 362 g/mol. The average Bonchev–Trinajstić information content (AvgIpc) is 2.49. The van der Waals surface area contributed by atoms with Crippen molar-refractivity contribution in [2.24, 2.45) is 5.10 Å². The molecule has 1 heterocycles. The summed E-state index contributed by atoms with van der Waals surface area (Å²) in [5.41, 5.74) is 2.47. The van der Waals surface area contributed by atoms with E-state index in [1.54, 1.807) is 0 Å². The Bertz CT molecular complexity index is 808. The van der Waals surface area contributed by atoms with Crippen molar-refractivity contribution in [2.45, 2.75) is 6.18 Å². The number of nitrogens with one attached hydrogen (secondary N) is 1. The molecule has 0 atom stereocenters. The van der Waals surface area contributed by atoms with E-state index in [-0.39, 0.29) is 27.1 Å². The first-order chi connectivity index (χ1) is 10.8. The Balaban J connectivity index is 2.03. The fourth-order valence-corrected chi connectivity index (χ4v) is 2.42. The maximum Gasteiger partial charge on any atom is 0.416 e. The van der Waals surface area contributed by atoms with Crippen LogP contribution in [-0.4, -0.2) is 11.0 Å². The molecular weight excluding hydrogens is 354 g/mol. The molecule has 0 aliphatic carbocycles. The summed E-state index contributed by atoms with van der Waals surface area (Å²) in [6.45, 7) is 0. The largest absolute Gasteiger partial charge is 0.416 e. The minimum atomic E-state index is -4.49. The number of hydrazone groups is 1. The van der Waals surface area contributed by atoms with Crippen LogP contribution < -0.4 is 10.5 Å². The van der Waals surface area contributed by atoms with Gasteiger partial charge in [0.25, 0.3) is 0 Å². The zero-order valence-corrected chi connectivity index (χ0v) is 12.7. The van der Waals surface area contributed by atoms with Crippen LogP contribution in [-0.2, 0) is 6.18 Å². The molecule has 0 bridgehead atoms. The number of fused-ring (bicyclic) bond motifs is 1. The SMILES string of the molecule is ON1C(c2cccc(C(F)(F)F)c2)=NNc2cc(Cl)c(Cl)cc21. The van der Waals surface area contributed by atoms with E-state index in [0.717, 1.165) is 12.1 Å². The molecule has 3 rings (SSSR count). The third-order valence-electron chi connectivity index (χ3n) is 3.20. The molecule has 0 saturated heterocycles. The van der Waals surface area contributed by atoms with Gasteiger partial charge in [-0.2, -0.15) is 18.3 Å². The molecule has 4 nitrogen and oxygen atoms in total. The van der Waals surface area contributed by atoms with Crippen LogP contribution in [0.2, 0.25) is 10.0 Å². The van der Waals surface area contributed by atoms with E-state index in [9.17, 15) is 18.4 Å². The van der Waals surface area contributed by atoms with Gasteiger partial charge >= 0.3 is 6.18 Å².